The van der Waals surface area contributed by atoms with E-state index < -0.39 is 23.9 Å². The van der Waals surface area contributed by atoms with E-state index in [1.165, 1.54) is 5.01 Å². The first-order chi connectivity index (χ1) is 14.8. The Hall–Kier alpha value is -3.55. The molecule has 2 aliphatic heterocycles. The summed E-state index contributed by atoms with van der Waals surface area (Å²) in [6, 6.07) is 11.3. The number of hydrogen-bond donors (Lipinski definition) is 1. The van der Waals surface area contributed by atoms with Gasteiger partial charge in [-0.05, 0) is 48.6 Å². The number of anilines is 2. The van der Waals surface area contributed by atoms with Crippen LogP contribution in [0, 0.1) is 13.8 Å². The summed E-state index contributed by atoms with van der Waals surface area (Å²) in [7, 11) is 0. The van der Waals surface area contributed by atoms with Crippen molar-refractivity contribution in [1.82, 2.24) is 5.01 Å². The van der Waals surface area contributed by atoms with Crippen LogP contribution in [0.15, 0.2) is 52.8 Å². The molecule has 8 nitrogen and oxygen atoms in total. The molecule has 0 bridgehead atoms. The van der Waals surface area contributed by atoms with Gasteiger partial charge in [-0.3, -0.25) is 19.4 Å². The van der Waals surface area contributed by atoms with Crippen molar-refractivity contribution >= 4 is 29.1 Å². The van der Waals surface area contributed by atoms with E-state index in [1.54, 1.807) is 12.1 Å². The van der Waals surface area contributed by atoms with Crippen LogP contribution in [-0.2, 0) is 14.4 Å². The highest BCUT2D eigenvalue weighted by atomic mass is 16.2. The van der Waals surface area contributed by atoms with E-state index in [4.69, 9.17) is 0 Å². The van der Waals surface area contributed by atoms with Gasteiger partial charge in [0, 0.05) is 5.69 Å². The first-order valence-electron chi connectivity index (χ1n) is 10.3. The highest BCUT2D eigenvalue weighted by Crippen LogP contribution is 2.32. The van der Waals surface area contributed by atoms with Gasteiger partial charge in [-0.2, -0.15) is 5.11 Å². The zero-order chi connectivity index (χ0) is 22.3. The van der Waals surface area contributed by atoms with Gasteiger partial charge in [0.2, 0.25) is 5.91 Å². The second-order valence-electron chi connectivity index (χ2n) is 8.27. The second kappa shape index (κ2) is 7.94. The summed E-state index contributed by atoms with van der Waals surface area (Å²) in [6.07, 6.45) is 0. The van der Waals surface area contributed by atoms with Crippen LogP contribution in [0.1, 0.15) is 36.5 Å². The number of imide groups is 1. The number of para-hydroxylation sites is 1. The molecule has 3 amide bonds. The number of carbonyl (C=O) groups excluding carboxylic acids is 3. The Balaban J connectivity index is 1.49. The summed E-state index contributed by atoms with van der Waals surface area (Å²) >= 11 is 0. The predicted octanol–water partition coefficient (Wildman–Crippen LogP) is 3.36. The maximum atomic E-state index is 13.1. The Kier molecular flexibility index (Phi) is 5.31. The molecule has 1 saturated heterocycles. The fourth-order valence-corrected chi connectivity index (χ4v) is 3.95. The third kappa shape index (κ3) is 3.69. The monoisotopic (exact) mass is 419 g/mol. The molecule has 31 heavy (non-hydrogen) atoms. The van der Waals surface area contributed by atoms with E-state index >= 15 is 0 Å². The number of rotatable bonds is 5. The van der Waals surface area contributed by atoms with Gasteiger partial charge in [-0.25, -0.2) is 4.90 Å². The van der Waals surface area contributed by atoms with Crippen LogP contribution in [0.4, 0.5) is 11.4 Å². The molecule has 2 aliphatic rings. The fourth-order valence-electron chi connectivity index (χ4n) is 3.95. The number of hydrogen-bond acceptors (Lipinski definition) is 6. The molecule has 0 aliphatic carbocycles. The lowest BCUT2D eigenvalue weighted by atomic mass is 10.0. The van der Waals surface area contributed by atoms with Crippen LogP contribution >= 0.6 is 0 Å². The minimum atomic E-state index is -0.926. The van der Waals surface area contributed by atoms with Crippen molar-refractivity contribution < 1.29 is 14.4 Å². The van der Waals surface area contributed by atoms with E-state index in [2.05, 4.69) is 29.5 Å². The lowest BCUT2D eigenvalue weighted by Gasteiger charge is -2.21. The van der Waals surface area contributed by atoms with E-state index in [1.807, 2.05) is 44.2 Å². The molecular weight excluding hydrogens is 394 g/mol. The Morgan fingerprint density at radius 1 is 1.03 bits per heavy atom. The zero-order valence-electron chi connectivity index (χ0n) is 18.0. The lowest BCUT2D eigenvalue weighted by molar-refractivity contribution is -0.123. The molecule has 0 unspecified atom stereocenters. The smallest absolute Gasteiger partial charge is 0.263 e. The minimum Gasteiger partial charge on any atom is -0.324 e. The number of carbonyl (C=O) groups is 3. The van der Waals surface area contributed by atoms with Gasteiger partial charge < -0.3 is 5.32 Å². The topological polar surface area (TPSA) is 94.4 Å². The summed E-state index contributed by atoms with van der Waals surface area (Å²) in [5.74, 6) is -0.819. The van der Waals surface area contributed by atoms with E-state index in [0.717, 1.165) is 27.3 Å². The molecule has 4 rings (SSSR count). The van der Waals surface area contributed by atoms with Crippen molar-refractivity contribution in [3.05, 3.63) is 59.2 Å². The minimum absolute atomic E-state index is 0.169. The Bertz CT molecular complexity index is 1060. The second-order valence-corrected chi connectivity index (χ2v) is 8.27. The summed E-state index contributed by atoms with van der Waals surface area (Å²) in [4.78, 5) is 39.7. The highest BCUT2D eigenvalue weighted by Gasteiger charge is 2.55. The van der Waals surface area contributed by atoms with Crippen molar-refractivity contribution in [2.45, 2.75) is 45.7 Å². The van der Waals surface area contributed by atoms with Crippen LogP contribution in [0.2, 0.25) is 0 Å². The number of benzene rings is 2. The van der Waals surface area contributed by atoms with Crippen molar-refractivity contribution in [2.24, 2.45) is 10.3 Å². The molecule has 2 atom stereocenters. The summed E-state index contributed by atoms with van der Waals surface area (Å²) in [5, 5.41) is 12.1. The van der Waals surface area contributed by atoms with E-state index in [9.17, 15) is 14.4 Å². The molecular formula is C23H25N5O3. The Morgan fingerprint density at radius 3 is 2.29 bits per heavy atom. The van der Waals surface area contributed by atoms with Crippen molar-refractivity contribution in [3.8, 4) is 0 Å². The van der Waals surface area contributed by atoms with E-state index in [-0.39, 0.29) is 12.5 Å². The van der Waals surface area contributed by atoms with Crippen molar-refractivity contribution in [3.63, 3.8) is 0 Å². The molecule has 0 saturated carbocycles. The molecule has 1 fully saturated rings. The van der Waals surface area contributed by atoms with Gasteiger partial charge >= 0.3 is 0 Å². The average molecular weight is 419 g/mol. The van der Waals surface area contributed by atoms with Crippen LogP contribution in [0.3, 0.4) is 0 Å². The molecule has 0 radical (unpaired) electrons. The SMILES string of the molecule is Cc1cccc(C)c1NC(=O)CN1N=N[C@H]2C(=O)N(c3ccc(C(C)C)cc3)C(=O)[C@@H]21. The Morgan fingerprint density at radius 2 is 1.68 bits per heavy atom. The van der Waals surface area contributed by atoms with Crippen molar-refractivity contribution in [1.29, 1.82) is 0 Å². The maximum Gasteiger partial charge on any atom is 0.263 e. The number of nitrogens with one attached hydrogen (secondary N) is 1. The third-order valence-electron chi connectivity index (χ3n) is 5.73. The number of amides is 3. The molecule has 160 valence electrons. The molecule has 1 N–H and O–H groups in total. The summed E-state index contributed by atoms with van der Waals surface area (Å²) in [5.41, 5.74) is 4.24. The van der Waals surface area contributed by atoms with Gasteiger partial charge in [0.25, 0.3) is 11.8 Å². The van der Waals surface area contributed by atoms with Crippen LogP contribution in [0.5, 0.6) is 0 Å². The first-order valence-corrected chi connectivity index (χ1v) is 10.3. The third-order valence-corrected chi connectivity index (χ3v) is 5.73. The number of aryl methyl sites for hydroxylation is 2. The van der Waals surface area contributed by atoms with Crippen LogP contribution in [-0.4, -0.2) is 41.4 Å². The number of nitrogens with zero attached hydrogens (tertiary/aromatic N) is 4. The van der Waals surface area contributed by atoms with Gasteiger partial charge in [0.15, 0.2) is 12.1 Å². The van der Waals surface area contributed by atoms with Crippen LogP contribution < -0.4 is 10.2 Å². The maximum absolute atomic E-state index is 13.1. The summed E-state index contributed by atoms with van der Waals surface area (Å²) < 4.78 is 0. The molecule has 0 aromatic heterocycles. The van der Waals surface area contributed by atoms with Crippen LogP contribution in [0.25, 0.3) is 0 Å². The lowest BCUT2D eigenvalue weighted by Crippen LogP contribution is -2.43. The molecule has 0 spiro atoms. The average Bonchev–Trinajstić information content (AvgIpc) is 3.24. The Labute approximate surface area is 180 Å². The van der Waals surface area contributed by atoms with Gasteiger partial charge in [0.1, 0.15) is 6.54 Å². The normalized spacial score (nSPS) is 20.0. The van der Waals surface area contributed by atoms with Gasteiger partial charge in [-0.1, -0.05) is 49.4 Å². The van der Waals surface area contributed by atoms with Gasteiger partial charge in [0.05, 0.1) is 5.69 Å². The molecule has 2 aromatic rings. The quantitative estimate of drug-likeness (QED) is 0.752. The van der Waals surface area contributed by atoms with E-state index in [0.29, 0.717) is 11.6 Å². The highest BCUT2D eigenvalue weighted by molar-refractivity contribution is 6.25. The standard InChI is InChI=1S/C23H25N5O3/c1-13(2)16-8-10-17(11-9-16)28-22(30)20-21(23(28)31)27(26-25-20)12-18(29)24-19-14(3)6-5-7-15(19)4/h5-11,13,20-21H,12H2,1-4H3,(H,24,29)/t20-,21-/m1/s1. The number of fused-ring (bicyclic) bond motifs is 1. The largest absolute Gasteiger partial charge is 0.324 e. The zero-order valence-corrected chi connectivity index (χ0v) is 18.0. The predicted molar refractivity (Wildman–Crippen MR) is 117 cm³/mol. The molecule has 2 heterocycles. The van der Waals surface area contributed by atoms with Crippen molar-refractivity contribution in [2.75, 3.05) is 16.8 Å². The fraction of sp³-hybridized carbons (Fsp3) is 0.348. The summed E-state index contributed by atoms with van der Waals surface area (Å²) in [6.45, 7) is 7.81. The van der Waals surface area contributed by atoms with Gasteiger partial charge in [-0.15, -0.1) is 0 Å². The molecule has 8 heteroatoms. The first kappa shape index (κ1) is 20.7. The molecule has 2 aromatic carbocycles.